The first kappa shape index (κ1) is 16.4. The van der Waals surface area contributed by atoms with Crippen LogP contribution in [0, 0.1) is 22.7 Å². The lowest BCUT2D eigenvalue weighted by Gasteiger charge is -2.13. The van der Waals surface area contributed by atoms with E-state index in [0.717, 1.165) is 4.90 Å². The van der Waals surface area contributed by atoms with Crippen molar-refractivity contribution in [2.24, 2.45) is 0 Å². The maximum absolute atomic E-state index is 9.76. The van der Waals surface area contributed by atoms with Crippen molar-refractivity contribution in [1.29, 1.82) is 10.5 Å². The minimum atomic E-state index is 0.0397. The first-order chi connectivity index (χ1) is 12.1. The minimum Gasteiger partial charge on any atom is -0.508 e. The van der Waals surface area contributed by atoms with E-state index in [4.69, 9.17) is 5.73 Å². The summed E-state index contributed by atoms with van der Waals surface area (Å²) in [6, 6.07) is 20.0. The van der Waals surface area contributed by atoms with Crippen molar-refractivity contribution < 1.29 is 5.11 Å². The molecule has 0 spiro atoms. The number of phenols is 1. The fourth-order valence-corrected chi connectivity index (χ4v) is 3.33. The molecule has 0 fully saturated rings. The van der Waals surface area contributed by atoms with Gasteiger partial charge in [0.15, 0.2) is 0 Å². The Bertz CT molecular complexity index is 1020. The molecule has 0 amide bonds. The number of phenolic OH excluding ortho intramolecular Hbond substituents is 1. The van der Waals surface area contributed by atoms with Gasteiger partial charge in [0.2, 0.25) is 0 Å². The monoisotopic (exact) mass is 344 g/mol. The molecule has 0 bridgehead atoms. The van der Waals surface area contributed by atoms with Crippen molar-refractivity contribution in [3.05, 3.63) is 65.7 Å². The number of aromatic hydroxyl groups is 1. The highest BCUT2D eigenvalue weighted by Crippen LogP contribution is 2.38. The van der Waals surface area contributed by atoms with Gasteiger partial charge in [0.05, 0.1) is 5.56 Å². The van der Waals surface area contributed by atoms with Crippen LogP contribution in [0.2, 0.25) is 0 Å². The summed E-state index contributed by atoms with van der Waals surface area (Å²) in [5.74, 6) is 0.0937. The van der Waals surface area contributed by atoms with Crippen LogP contribution in [0.4, 0.5) is 5.82 Å². The molecule has 25 heavy (non-hydrogen) atoms. The third-order valence-corrected chi connectivity index (χ3v) is 4.50. The first-order valence-electron chi connectivity index (χ1n) is 7.30. The highest BCUT2D eigenvalue weighted by atomic mass is 32.2. The first-order valence-corrected chi connectivity index (χ1v) is 8.11. The van der Waals surface area contributed by atoms with E-state index in [0.29, 0.717) is 16.2 Å². The molecule has 1 aromatic heterocycles. The van der Waals surface area contributed by atoms with Gasteiger partial charge in [-0.25, -0.2) is 4.98 Å². The Morgan fingerprint density at radius 3 is 2.32 bits per heavy atom. The summed E-state index contributed by atoms with van der Waals surface area (Å²) in [5.41, 5.74) is 7.27. The fourth-order valence-electron chi connectivity index (χ4n) is 2.42. The molecule has 0 atom stereocenters. The number of nitrogens with zero attached hydrogens (tertiary/aromatic N) is 3. The van der Waals surface area contributed by atoms with E-state index in [1.165, 1.54) is 23.9 Å². The molecule has 0 unspecified atom stereocenters. The van der Waals surface area contributed by atoms with Crippen LogP contribution in [-0.2, 0) is 0 Å². The Kier molecular flexibility index (Phi) is 4.56. The third kappa shape index (κ3) is 3.25. The molecule has 0 aliphatic carbocycles. The van der Waals surface area contributed by atoms with Crippen molar-refractivity contribution in [2.75, 3.05) is 5.73 Å². The van der Waals surface area contributed by atoms with E-state index in [9.17, 15) is 15.6 Å². The summed E-state index contributed by atoms with van der Waals surface area (Å²) in [5, 5.41) is 29.4. The second-order valence-electron chi connectivity index (χ2n) is 5.12. The third-order valence-electron chi connectivity index (χ3n) is 3.51. The largest absolute Gasteiger partial charge is 0.508 e. The molecule has 0 radical (unpaired) electrons. The quantitative estimate of drug-likeness (QED) is 0.745. The maximum atomic E-state index is 9.76. The zero-order chi connectivity index (χ0) is 17.8. The van der Waals surface area contributed by atoms with Crippen LogP contribution in [0.15, 0.2) is 64.5 Å². The number of rotatable bonds is 3. The lowest BCUT2D eigenvalue weighted by Crippen LogP contribution is -2.03. The molecule has 0 saturated heterocycles. The van der Waals surface area contributed by atoms with Gasteiger partial charge in [0, 0.05) is 10.5 Å². The highest BCUT2D eigenvalue weighted by Gasteiger charge is 2.21. The van der Waals surface area contributed by atoms with Gasteiger partial charge >= 0.3 is 0 Å². The Balaban J connectivity index is 2.26. The molecule has 0 aliphatic heterocycles. The zero-order valence-electron chi connectivity index (χ0n) is 13.0. The number of benzene rings is 2. The van der Waals surface area contributed by atoms with Crippen molar-refractivity contribution in [2.45, 2.75) is 9.92 Å². The second-order valence-corrected chi connectivity index (χ2v) is 6.18. The van der Waals surface area contributed by atoms with Gasteiger partial charge < -0.3 is 10.8 Å². The SMILES string of the molecule is N#Cc1c(N)nc(Sc2ccccc2)c(C#N)c1-c1cccc(O)c1. The van der Waals surface area contributed by atoms with E-state index in [-0.39, 0.29) is 22.7 Å². The van der Waals surface area contributed by atoms with E-state index in [2.05, 4.69) is 11.1 Å². The molecule has 3 rings (SSSR count). The van der Waals surface area contributed by atoms with Crippen LogP contribution < -0.4 is 5.73 Å². The highest BCUT2D eigenvalue weighted by molar-refractivity contribution is 7.99. The van der Waals surface area contributed by atoms with Crippen LogP contribution in [-0.4, -0.2) is 10.1 Å². The van der Waals surface area contributed by atoms with E-state index >= 15 is 0 Å². The number of hydrogen-bond donors (Lipinski definition) is 2. The molecular formula is C19H12N4OS. The molecule has 5 nitrogen and oxygen atoms in total. The lowest BCUT2D eigenvalue weighted by atomic mass is 9.97. The molecule has 6 heteroatoms. The smallest absolute Gasteiger partial charge is 0.143 e. The molecule has 0 saturated carbocycles. The van der Waals surface area contributed by atoms with Gasteiger partial charge in [0.25, 0.3) is 0 Å². The standard InChI is InChI=1S/C19H12N4OS/c20-10-15-17(12-5-4-6-13(24)9-12)16(11-21)19(23-18(15)22)25-14-7-2-1-3-8-14/h1-9,24H,(H2,22,23). The summed E-state index contributed by atoms with van der Waals surface area (Å²) in [4.78, 5) is 5.15. The average Bonchev–Trinajstić information content (AvgIpc) is 2.62. The molecule has 2 aromatic carbocycles. The molecule has 120 valence electrons. The summed E-state index contributed by atoms with van der Waals surface area (Å²) >= 11 is 1.30. The van der Waals surface area contributed by atoms with Crippen LogP contribution in [0.5, 0.6) is 5.75 Å². The van der Waals surface area contributed by atoms with Gasteiger partial charge in [-0.15, -0.1) is 0 Å². The van der Waals surface area contributed by atoms with Crippen molar-refractivity contribution in [3.63, 3.8) is 0 Å². The number of nitrogens with two attached hydrogens (primary N) is 1. The molecule has 3 aromatic rings. The summed E-state index contributed by atoms with van der Waals surface area (Å²) in [7, 11) is 0. The zero-order valence-corrected chi connectivity index (χ0v) is 13.8. The summed E-state index contributed by atoms with van der Waals surface area (Å²) < 4.78 is 0. The van der Waals surface area contributed by atoms with Crippen LogP contribution in [0.3, 0.4) is 0 Å². The van der Waals surface area contributed by atoms with Crippen molar-refractivity contribution >= 4 is 17.6 Å². The molecule has 1 heterocycles. The lowest BCUT2D eigenvalue weighted by molar-refractivity contribution is 0.475. The molecule has 3 N–H and O–H groups in total. The number of aromatic nitrogens is 1. The summed E-state index contributed by atoms with van der Waals surface area (Å²) in [6.07, 6.45) is 0. The van der Waals surface area contributed by atoms with Crippen molar-refractivity contribution in [1.82, 2.24) is 4.98 Å². The van der Waals surface area contributed by atoms with E-state index < -0.39 is 0 Å². The van der Waals surface area contributed by atoms with Crippen LogP contribution in [0.1, 0.15) is 11.1 Å². The maximum Gasteiger partial charge on any atom is 0.143 e. The summed E-state index contributed by atoms with van der Waals surface area (Å²) in [6.45, 7) is 0. The van der Waals surface area contributed by atoms with Gasteiger partial charge in [-0.1, -0.05) is 42.1 Å². The minimum absolute atomic E-state index is 0.0397. The molecular weight excluding hydrogens is 332 g/mol. The van der Waals surface area contributed by atoms with Crippen molar-refractivity contribution in [3.8, 4) is 29.0 Å². The number of nitrogen functional groups attached to an aromatic ring is 1. The topological polar surface area (TPSA) is 107 Å². The number of nitriles is 2. The number of hydrogen-bond acceptors (Lipinski definition) is 6. The van der Waals surface area contributed by atoms with Gasteiger partial charge in [-0.3, -0.25) is 0 Å². The van der Waals surface area contributed by atoms with Gasteiger partial charge in [-0.05, 0) is 29.8 Å². The number of anilines is 1. The van der Waals surface area contributed by atoms with Crippen LogP contribution >= 0.6 is 11.8 Å². The predicted octanol–water partition coefficient (Wildman–Crippen LogP) is 3.93. The van der Waals surface area contributed by atoms with Gasteiger partial charge in [0.1, 0.15) is 34.3 Å². The van der Waals surface area contributed by atoms with Crippen LogP contribution in [0.25, 0.3) is 11.1 Å². The van der Waals surface area contributed by atoms with E-state index in [1.807, 2.05) is 36.4 Å². The fraction of sp³-hybridized carbons (Fsp3) is 0. The Hall–Kier alpha value is -3.48. The van der Waals surface area contributed by atoms with Gasteiger partial charge in [-0.2, -0.15) is 10.5 Å². The normalized spacial score (nSPS) is 10.0. The Morgan fingerprint density at radius 1 is 0.960 bits per heavy atom. The Labute approximate surface area is 149 Å². The predicted molar refractivity (Wildman–Crippen MR) is 95.7 cm³/mol. The average molecular weight is 344 g/mol. The Morgan fingerprint density at radius 2 is 1.68 bits per heavy atom. The number of pyridine rings is 1. The molecule has 0 aliphatic rings. The second kappa shape index (κ2) is 6.96. The van der Waals surface area contributed by atoms with E-state index in [1.54, 1.807) is 12.1 Å².